The number of rotatable bonds is 2. The topological polar surface area (TPSA) is 78.5 Å². The zero-order valence-corrected chi connectivity index (χ0v) is 10.7. The molecule has 0 atom stereocenters. The molecule has 0 aromatic carbocycles. The van der Waals surface area contributed by atoms with Crippen LogP contribution in [0.3, 0.4) is 0 Å². The Hall–Kier alpha value is -2.28. The predicted molar refractivity (Wildman–Crippen MR) is 68.9 cm³/mol. The summed E-state index contributed by atoms with van der Waals surface area (Å²) in [5.41, 5.74) is 1.04. The van der Waals surface area contributed by atoms with Crippen LogP contribution in [0, 0.1) is 0 Å². The average Bonchev–Trinajstić information content (AvgIpc) is 2.78. The van der Waals surface area contributed by atoms with Crippen LogP contribution in [-0.4, -0.2) is 29.5 Å². The van der Waals surface area contributed by atoms with Gasteiger partial charge in [-0.2, -0.15) is 10.2 Å². The molecule has 0 aliphatic rings. The molecule has 0 aliphatic heterocycles. The summed E-state index contributed by atoms with van der Waals surface area (Å²) in [5.74, 6) is 0. The molecule has 0 radical (unpaired) electrons. The van der Waals surface area contributed by atoms with Gasteiger partial charge in [0.2, 0.25) is 0 Å². The summed E-state index contributed by atoms with van der Waals surface area (Å²) in [6, 6.07) is 3.35. The highest BCUT2D eigenvalue weighted by Gasteiger charge is 2.08. The summed E-state index contributed by atoms with van der Waals surface area (Å²) in [5, 5.41) is 12.5. The number of halogens is 1. The number of hydrogen-bond acceptors (Lipinski definition) is 5. The maximum Gasteiger partial charge on any atom is 0.264 e. The number of nitrogens with zero attached hydrogens (tertiary/aromatic N) is 6. The lowest BCUT2D eigenvalue weighted by Crippen LogP contribution is -2.21. The van der Waals surface area contributed by atoms with Gasteiger partial charge in [-0.1, -0.05) is 11.6 Å². The molecule has 0 amide bonds. The van der Waals surface area contributed by atoms with Crippen molar-refractivity contribution in [2.45, 2.75) is 6.54 Å². The molecule has 19 heavy (non-hydrogen) atoms. The van der Waals surface area contributed by atoms with Crippen LogP contribution in [0.1, 0.15) is 5.69 Å². The molecule has 0 unspecified atom stereocenters. The maximum atomic E-state index is 12.2. The molecule has 0 aliphatic carbocycles. The van der Waals surface area contributed by atoms with Crippen LogP contribution in [0.4, 0.5) is 0 Å². The lowest BCUT2D eigenvalue weighted by Gasteiger charge is -2.04. The van der Waals surface area contributed by atoms with Crippen LogP contribution in [0.25, 0.3) is 11.0 Å². The van der Waals surface area contributed by atoms with Crippen molar-refractivity contribution in [3.05, 3.63) is 45.9 Å². The van der Waals surface area contributed by atoms with Gasteiger partial charge in [-0.25, -0.2) is 4.98 Å². The Morgan fingerprint density at radius 2 is 2.16 bits per heavy atom. The minimum absolute atomic E-state index is 0.158. The largest absolute Gasteiger partial charge is 0.292 e. The molecule has 3 heterocycles. The standard InChI is InChI=1S/C11H9ClN6O/c1-17-10-8(4-14-17)11(19)18(6-13-10)5-7-2-3-9(12)16-15-7/h2-4,6H,5H2,1H3. The number of hydrogen-bond donors (Lipinski definition) is 0. The van der Waals surface area contributed by atoms with Crippen molar-refractivity contribution in [3.8, 4) is 0 Å². The Morgan fingerprint density at radius 1 is 1.32 bits per heavy atom. The number of aryl methyl sites for hydroxylation is 1. The van der Waals surface area contributed by atoms with Crippen LogP contribution in [0.15, 0.2) is 29.5 Å². The third kappa shape index (κ3) is 2.08. The van der Waals surface area contributed by atoms with Gasteiger partial charge in [0, 0.05) is 7.05 Å². The third-order valence-electron chi connectivity index (χ3n) is 2.74. The van der Waals surface area contributed by atoms with Gasteiger partial charge in [-0.15, -0.1) is 5.10 Å². The highest BCUT2D eigenvalue weighted by atomic mass is 35.5. The van der Waals surface area contributed by atoms with Crippen molar-refractivity contribution >= 4 is 22.6 Å². The van der Waals surface area contributed by atoms with Crippen molar-refractivity contribution < 1.29 is 0 Å². The van der Waals surface area contributed by atoms with Crippen LogP contribution in [0.2, 0.25) is 5.15 Å². The first kappa shape index (κ1) is 11.8. The van der Waals surface area contributed by atoms with Gasteiger partial charge in [0.05, 0.1) is 18.4 Å². The van der Waals surface area contributed by atoms with Crippen LogP contribution >= 0.6 is 11.6 Å². The van der Waals surface area contributed by atoms with E-state index < -0.39 is 0 Å². The first-order valence-corrected chi connectivity index (χ1v) is 5.88. The summed E-state index contributed by atoms with van der Waals surface area (Å²) < 4.78 is 3.02. The van der Waals surface area contributed by atoms with E-state index in [2.05, 4.69) is 20.3 Å². The normalized spacial score (nSPS) is 11.1. The summed E-state index contributed by atoms with van der Waals surface area (Å²) in [6.07, 6.45) is 2.98. The summed E-state index contributed by atoms with van der Waals surface area (Å²) >= 11 is 5.66. The quantitative estimate of drug-likeness (QED) is 0.686. The lowest BCUT2D eigenvalue weighted by molar-refractivity contribution is 0.710. The van der Waals surface area contributed by atoms with Gasteiger partial charge in [-0.3, -0.25) is 14.0 Å². The zero-order valence-electron chi connectivity index (χ0n) is 9.99. The Labute approximate surface area is 112 Å². The van der Waals surface area contributed by atoms with E-state index in [4.69, 9.17) is 11.6 Å². The van der Waals surface area contributed by atoms with Crippen molar-refractivity contribution in [2.24, 2.45) is 7.05 Å². The smallest absolute Gasteiger partial charge is 0.264 e. The van der Waals surface area contributed by atoms with Crippen molar-refractivity contribution in [2.75, 3.05) is 0 Å². The molecule has 3 rings (SSSR count). The number of aromatic nitrogens is 6. The second-order valence-corrected chi connectivity index (χ2v) is 4.42. The molecule has 0 N–H and O–H groups in total. The fraction of sp³-hybridized carbons (Fsp3) is 0.182. The SMILES string of the molecule is Cn1ncc2c(=O)n(Cc3ccc(Cl)nn3)cnc21. The Balaban J connectivity index is 2.04. The van der Waals surface area contributed by atoms with Gasteiger partial charge in [0.1, 0.15) is 11.7 Å². The molecular weight excluding hydrogens is 268 g/mol. The van der Waals surface area contributed by atoms with Crippen LogP contribution < -0.4 is 5.56 Å². The van der Waals surface area contributed by atoms with Gasteiger partial charge in [0.25, 0.3) is 5.56 Å². The van der Waals surface area contributed by atoms with E-state index in [9.17, 15) is 4.79 Å². The molecule has 0 saturated heterocycles. The predicted octanol–water partition coefficient (Wildman–Crippen LogP) is 0.622. The molecule has 0 bridgehead atoms. The van der Waals surface area contributed by atoms with E-state index in [1.54, 1.807) is 23.9 Å². The van der Waals surface area contributed by atoms with Crippen molar-refractivity contribution in [3.63, 3.8) is 0 Å². The molecule has 0 fully saturated rings. The molecule has 0 spiro atoms. The monoisotopic (exact) mass is 276 g/mol. The van der Waals surface area contributed by atoms with Gasteiger partial charge < -0.3 is 0 Å². The fourth-order valence-electron chi connectivity index (χ4n) is 1.78. The molecule has 96 valence electrons. The summed E-state index contributed by atoms with van der Waals surface area (Å²) in [6.45, 7) is 0.292. The zero-order chi connectivity index (χ0) is 13.4. The van der Waals surface area contributed by atoms with Crippen molar-refractivity contribution in [1.82, 2.24) is 29.5 Å². The van der Waals surface area contributed by atoms with Gasteiger partial charge >= 0.3 is 0 Å². The third-order valence-corrected chi connectivity index (χ3v) is 2.94. The summed E-state index contributed by atoms with van der Waals surface area (Å²) in [7, 11) is 1.74. The second kappa shape index (κ2) is 4.43. The van der Waals surface area contributed by atoms with E-state index >= 15 is 0 Å². The molecule has 3 aromatic rings. The summed E-state index contributed by atoms with van der Waals surface area (Å²) in [4.78, 5) is 16.4. The van der Waals surface area contributed by atoms with E-state index in [0.29, 0.717) is 28.4 Å². The Morgan fingerprint density at radius 3 is 2.89 bits per heavy atom. The second-order valence-electron chi connectivity index (χ2n) is 4.03. The maximum absolute atomic E-state index is 12.2. The molecule has 3 aromatic heterocycles. The molecular formula is C11H9ClN6O. The molecule has 7 nitrogen and oxygen atoms in total. The van der Waals surface area contributed by atoms with Gasteiger partial charge in [-0.05, 0) is 12.1 Å². The average molecular weight is 277 g/mol. The minimum Gasteiger partial charge on any atom is -0.292 e. The minimum atomic E-state index is -0.158. The van der Waals surface area contributed by atoms with E-state index in [1.165, 1.54) is 17.1 Å². The lowest BCUT2D eigenvalue weighted by atomic mass is 10.3. The fourth-order valence-corrected chi connectivity index (χ4v) is 1.88. The first-order chi connectivity index (χ1) is 9.15. The Bertz CT molecular complexity index is 791. The highest BCUT2D eigenvalue weighted by molar-refractivity contribution is 6.29. The van der Waals surface area contributed by atoms with E-state index in [1.807, 2.05) is 0 Å². The van der Waals surface area contributed by atoms with E-state index in [-0.39, 0.29) is 5.56 Å². The number of fused-ring (bicyclic) bond motifs is 1. The Kier molecular flexibility index (Phi) is 2.75. The molecule has 8 heteroatoms. The van der Waals surface area contributed by atoms with Crippen molar-refractivity contribution in [1.29, 1.82) is 0 Å². The van der Waals surface area contributed by atoms with Gasteiger partial charge in [0.15, 0.2) is 10.8 Å². The highest BCUT2D eigenvalue weighted by Crippen LogP contribution is 2.05. The van der Waals surface area contributed by atoms with Crippen LogP contribution in [-0.2, 0) is 13.6 Å². The molecule has 0 saturated carbocycles. The first-order valence-electron chi connectivity index (χ1n) is 5.50. The van der Waals surface area contributed by atoms with E-state index in [0.717, 1.165) is 0 Å². The van der Waals surface area contributed by atoms with Crippen LogP contribution in [0.5, 0.6) is 0 Å².